The van der Waals surface area contributed by atoms with Crippen LogP contribution in [0.2, 0.25) is 0 Å². The summed E-state index contributed by atoms with van der Waals surface area (Å²) in [4.78, 5) is 4.36. The van der Waals surface area contributed by atoms with Crippen molar-refractivity contribution in [3.63, 3.8) is 0 Å². The molecule has 1 unspecified atom stereocenters. The quantitative estimate of drug-likeness (QED) is 0.788. The Hall–Kier alpha value is -2.09. The Morgan fingerprint density at radius 2 is 1.94 bits per heavy atom. The second-order valence-corrected chi connectivity index (χ2v) is 4.56. The maximum absolute atomic E-state index is 5.81. The highest BCUT2D eigenvalue weighted by Crippen LogP contribution is 2.34. The van der Waals surface area contributed by atoms with Gasteiger partial charge in [-0.3, -0.25) is 4.99 Å². The minimum Gasteiger partial charge on any atom is -0.489 e. The molecule has 0 N–H and O–H groups in total. The molecule has 0 radical (unpaired) electrons. The van der Waals surface area contributed by atoms with Crippen molar-refractivity contribution in [3.8, 4) is 5.75 Å². The number of rotatable bonds is 3. The molecule has 1 aliphatic heterocycles. The first-order chi connectivity index (χ1) is 8.83. The lowest BCUT2D eigenvalue weighted by atomic mass is 10.0. The van der Waals surface area contributed by atoms with Crippen molar-refractivity contribution >= 4 is 11.9 Å². The van der Waals surface area contributed by atoms with E-state index in [0.29, 0.717) is 12.5 Å². The molecular weight excluding hydrogens is 222 g/mol. The van der Waals surface area contributed by atoms with Gasteiger partial charge < -0.3 is 4.74 Å². The van der Waals surface area contributed by atoms with Gasteiger partial charge >= 0.3 is 0 Å². The van der Waals surface area contributed by atoms with E-state index in [9.17, 15) is 0 Å². The fourth-order valence-electron chi connectivity index (χ4n) is 2.12. The van der Waals surface area contributed by atoms with Gasteiger partial charge in [0.05, 0.1) is 5.69 Å². The number of ether oxygens (including phenoxy) is 1. The van der Waals surface area contributed by atoms with Crippen LogP contribution in [-0.4, -0.2) is 6.21 Å². The number of aliphatic imine (C=N–C) groups is 1. The third kappa shape index (κ3) is 2.14. The van der Waals surface area contributed by atoms with E-state index in [1.54, 1.807) is 0 Å². The lowest BCUT2D eigenvalue weighted by Crippen LogP contribution is -1.96. The Kier molecular flexibility index (Phi) is 2.85. The third-order valence-corrected chi connectivity index (χ3v) is 3.18. The van der Waals surface area contributed by atoms with Gasteiger partial charge in [-0.2, -0.15) is 0 Å². The Bertz CT molecular complexity index is 575. The molecule has 2 nitrogen and oxygen atoms in total. The second kappa shape index (κ2) is 4.65. The van der Waals surface area contributed by atoms with Crippen LogP contribution in [0.4, 0.5) is 5.69 Å². The molecule has 0 aromatic heterocycles. The van der Waals surface area contributed by atoms with Crippen molar-refractivity contribution in [2.24, 2.45) is 4.99 Å². The van der Waals surface area contributed by atoms with Crippen LogP contribution in [0.15, 0.2) is 53.5 Å². The summed E-state index contributed by atoms with van der Waals surface area (Å²) in [6.07, 6.45) is 1.98. The summed E-state index contributed by atoms with van der Waals surface area (Å²) in [5.74, 6) is 1.30. The van der Waals surface area contributed by atoms with Crippen molar-refractivity contribution in [1.82, 2.24) is 0 Å². The summed E-state index contributed by atoms with van der Waals surface area (Å²) in [5, 5.41) is 0. The van der Waals surface area contributed by atoms with Crippen molar-refractivity contribution < 1.29 is 4.74 Å². The van der Waals surface area contributed by atoms with Crippen molar-refractivity contribution in [2.45, 2.75) is 19.4 Å². The topological polar surface area (TPSA) is 21.6 Å². The molecule has 3 rings (SSSR count). The van der Waals surface area contributed by atoms with Gasteiger partial charge in [-0.1, -0.05) is 37.3 Å². The summed E-state index contributed by atoms with van der Waals surface area (Å²) in [7, 11) is 0. The van der Waals surface area contributed by atoms with Crippen LogP contribution in [0.3, 0.4) is 0 Å². The standard InChI is InChI=1S/C16H15NO/c1-12-10-17-16-8-7-14(9-15(12)16)18-11-13-5-3-2-4-6-13/h2-10,12H,11H2,1H3. The molecule has 18 heavy (non-hydrogen) atoms. The van der Waals surface area contributed by atoms with Gasteiger partial charge in [0.25, 0.3) is 0 Å². The maximum Gasteiger partial charge on any atom is 0.120 e. The fourth-order valence-corrected chi connectivity index (χ4v) is 2.12. The van der Waals surface area contributed by atoms with E-state index in [4.69, 9.17) is 4.74 Å². The minimum absolute atomic E-state index is 0.389. The molecule has 1 aliphatic rings. The first kappa shape index (κ1) is 11.0. The monoisotopic (exact) mass is 237 g/mol. The summed E-state index contributed by atoms with van der Waals surface area (Å²) >= 11 is 0. The molecule has 0 aliphatic carbocycles. The molecule has 90 valence electrons. The van der Waals surface area contributed by atoms with Gasteiger partial charge in [-0.05, 0) is 29.3 Å². The molecule has 0 saturated carbocycles. The Morgan fingerprint density at radius 3 is 2.78 bits per heavy atom. The molecule has 2 aromatic rings. The summed E-state index contributed by atoms with van der Waals surface area (Å²) in [6.45, 7) is 2.76. The predicted molar refractivity (Wildman–Crippen MR) is 73.8 cm³/mol. The van der Waals surface area contributed by atoms with E-state index < -0.39 is 0 Å². The number of nitrogens with zero attached hydrogens (tertiary/aromatic N) is 1. The van der Waals surface area contributed by atoms with E-state index in [2.05, 4.69) is 30.1 Å². The minimum atomic E-state index is 0.389. The van der Waals surface area contributed by atoms with Gasteiger partial charge in [0.15, 0.2) is 0 Å². The average Bonchev–Trinajstić information content (AvgIpc) is 2.79. The molecular formula is C16H15NO. The smallest absolute Gasteiger partial charge is 0.120 e. The van der Waals surface area contributed by atoms with Crippen molar-refractivity contribution in [3.05, 3.63) is 59.7 Å². The fraction of sp³-hybridized carbons (Fsp3) is 0.188. The number of hydrogen-bond acceptors (Lipinski definition) is 2. The average molecular weight is 237 g/mol. The van der Waals surface area contributed by atoms with Crippen molar-refractivity contribution in [1.29, 1.82) is 0 Å². The van der Waals surface area contributed by atoms with Gasteiger partial charge in [0.2, 0.25) is 0 Å². The zero-order valence-corrected chi connectivity index (χ0v) is 10.3. The van der Waals surface area contributed by atoms with Crippen LogP contribution >= 0.6 is 0 Å². The Labute approximate surface area is 107 Å². The molecule has 0 saturated heterocycles. The molecule has 0 spiro atoms. The van der Waals surface area contributed by atoms with Crippen LogP contribution in [0.1, 0.15) is 24.0 Å². The summed E-state index contributed by atoms with van der Waals surface area (Å²) in [5.41, 5.74) is 3.50. The molecule has 0 bridgehead atoms. The zero-order chi connectivity index (χ0) is 12.4. The second-order valence-electron chi connectivity index (χ2n) is 4.56. The van der Waals surface area contributed by atoms with E-state index >= 15 is 0 Å². The summed E-state index contributed by atoms with van der Waals surface area (Å²) < 4.78 is 5.81. The number of benzene rings is 2. The van der Waals surface area contributed by atoms with E-state index in [0.717, 1.165) is 11.4 Å². The van der Waals surface area contributed by atoms with Gasteiger partial charge in [0, 0.05) is 12.1 Å². The normalized spacial score (nSPS) is 16.6. The van der Waals surface area contributed by atoms with Crippen LogP contribution in [0.5, 0.6) is 5.75 Å². The first-order valence-corrected chi connectivity index (χ1v) is 6.18. The van der Waals surface area contributed by atoms with Gasteiger partial charge in [-0.15, -0.1) is 0 Å². The van der Waals surface area contributed by atoms with E-state index in [1.807, 2.05) is 36.5 Å². The summed E-state index contributed by atoms with van der Waals surface area (Å²) in [6, 6.07) is 16.3. The lowest BCUT2D eigenvalue weighted by Gasteiger charge is -2.09. The van der Waals surface area contributed by atoms with E-state index in [-0.39, 0.29) is 0 Å². The van der Waals surface area contributed by atoms with Gasteiger partial charge in [-0.25, -0.2) is 0 Å². The van der Waals surface area contributed by atoms with E-state index in [1.165, 1.54) is 11.1 Å². The zero-order valence-electron chi connectivity index (χ0n) is 10.3. The number of fused-ring (bicyclic) bond motifs is 1. The lowest BCUT2D eigenvalue weighted by molar-refractivity contribution is 0.306. The first-order valence-electron chi connectivity index (χ1n) is 6.18. The van der Waals surface area contributed by atoms with Crippen molar-refractivity contribution in [2.75, 3.05) is 0 Å². The molecule has 2 aromatic carbocycles. The van der Waals surface area contributed by atoms with Crippen LogP contribution in [0.25, 0.3) is 0 Å². The largest absolute Gasteiger partial charge is 0.489 e. The highest BCUT2D eigenvalue weighted by molar-refractivity contribution is 5.80. The van der Waals surface area contributed by atoms with Crippen LogP contribution in [-0.2, 0) is 6.61 Å². The molecule has 1 atom stereocenters. The van der Waals surface area contributed by atoms with Crippen LogP contribution < -0.4 is 4.74 Å². The number of hydrogen-bond donors (Lipinski definition) is 0. The SMILES string of the molecule is CC1C=Nc2ccc(OCc3ccccc3)cc21. The molecule has 0 fully saturated rings. The Morgan fingerprint density at radius 1 is 1.11 bits per heavy atom. The highest BCUT2D eigenvalue weighted by atomic mass is 16.5. The molecule has 2 heteroatoms. The molecule has 1 heterocycles. The predicted octanol–water partition coefficient (Wildman–Crippen LogP) is 4.09. The van der Waals surface area contributed by atoms with Crippen LogP contribution in [0, 0.1) is 0 Å². The highest BCUT2D eigenvalue weighted by Gasteiger charge is 2.14. The molecule has 0 amide bonds. The van der Waals surface area contributed by atoms with Gasteiger partial charge in [0.1, 0.15) is 12.4 Å². The Balaban J connectivity index is 1.73. The third-order valence-electron chi connectivity index (χ3n) is 3.18. The maximum atomic E-state index is 5.81.